The summed E-state index contributed by atoms with van der Waals surface area (Å²) in [4.78, 5) is 9.02. The van der Waals surface area contributed by atoms with E-state index >= 15 is 0 Å². The molecule has 1 aromatic heterocycles. The maximum absolute atomic E-state index is 5.45. The normalized spacial score (nSPS) is 10.7. The average Bonchev–Trinajstić information content (AvgIpc) is 2.44. The Hall–Kier alpha value is -1.20. The van der Waals surface area contributed by atoms with Crippen molar-refractivity contribution in [1.82, 2.24) is 9.97 Å². The number of aromatic nitrogens is 2. The molecule has 0 atom stereocenters. The van der Waals surface area contributed by atoms with Crippen molar-refractivity contribution in [3.63, 3.8) is 0 Å². The minimum absolute atomic E-state index is 0.616. The first-order valence-electron chi connectivity index (χ1n) is 6.97. The molecule has 1 aromatic rings. The SMILES string of the molecule is CCCNc1cc(CC)nc(CCOCCOC)n1. The van der Waals surface area contributed by atoms with E-state index in [-0.39, 0.29) is 0 Å². The highest BCUT2D eigenvalue weighted by atomic mass is 16.5. The quantitative estimate of drug-likeness (QED) is 0.658. The van der Waals surface area contributed by atoms with Gasteiger partial charge >= 0.3 is 0 Å². The molecule has 0 fully saturated rings. The number of ether oxygens (including phenoxy) is 2. The van der Waals surface area contributed by atoms with Gasteiger partial charge in [-0.1, -0.05) is 13.8 Å². The molecule has 19 heavy (non-hydrogen) atoms. The predicted molar refractivity (Wildman–Crippen MR) is 76.6 cm³/mol. The van der Waals surface area contributed by atoms with Gasteiger partial charge in [-0.25, -0.2) is 9.97 Å². The first-order valence-corrected chi connectivity index (χ1v) is 6.97. The first-order chi connectivity index (χ1) is 9.30. The van der Waals surface area contributed by atoms with E-state index in [2.05, 4.69) is 29.1 Å². The monoisotopic (exact) mass is 267 g/mol. The summed E-state index contributed by atoms with van der Waals surface area (Å²) in [7, 11) is 1.67. The average molecular weight is 267 g/mol. The Labute approximate surface area is 115 Å². The minimum Gasteiger partial charge on any atom is -0.382 e. The standard InChI is InChI=1S/C14H25N3O2/c1-4-7-15-14-11-12(5-2)16-13(17-14)6-8-19-10-9-18-3/h11H,4-10H2,1-3H3,(H,15,16,17). The van der Waals surface area contributed by atoms with E-state index in [4.69, 9.17) is 9.47 Å². The summed E-state index contributed by atoms with van der Waals surface area (Å²) >= 11 is 0. The second-order valence-electron chi connectivity index (χ2n) is 4.30. The summed E-state index contributed by atoms with van der Waals surface area (Å²) in [5.41, 5.74) is 1.07. The van der Waals surface area contributed by atoms with Gasteiger partial charge < -0.3 is 14.8 Å². The lowest BCUT2D eigenvalue weighted by Crippen LogP contribution is -2.10. The molecule has 0 radical (unpaired) electrons. The van der Waals surface area contributed by atoms with Crippen LogP contribution in [0.1, 0.15) is 31.8 Å². The number of rotatable bonds is 10. The molecule has 5 heteroatoms. The molecule has 0 amide bonds. The Morgan fingerprint density at radius 2 is 2.00 bits per heavy atom. The van der Waals surface area contributed by atoms with Crippen LogP contribution >= 0.6 is 0 Å². The maximum atomic E-state index is 5.45. The van der Waals surface area contributed by atoms with E-state index in [1.54, 1.807) is 7.11 Å². The lowest BCUT2D eigenvalue weighted by atomic mass is 10.3. The summed E-state index contributed by atoms with van der Waals surface area (Å²) in [6.07, 6.45) is 2.74. The van der Waals surface area contributed by atoms with Gasteiger partial charge in [-0.3, -0.25) is 0 Å². The van der Waals surface area contributed by atoms with Crippen LogP contribution in [0.4, 0.5) is 5.82 Å². The van der Waals surface area contributed by atoms with E-state index in [0.29, 0.717) is 19.8 Å². The van der Waals surface area contributed by atoms with Crippen LogP contribution in [0, 0.1) is 0 Å². The third kappa shape index (κ3) is 6.50. The Morgan fingerprint density at radius 3 is 2.68 bits per heavy atom. The van der Waals surface area contributed by atoms with Crippen LogP contribution in [-0.2, 0) is 22.3 Å². The number of hydrogen-bond acceptors (Lipinski definition) is 5. The summed E-state index contributed by atoms with van der Waals surface area (Å²) in [6, 6.07) is 2.02. The van der Waals surface area contributed by atoms with Crippen molar-refractivity contribution in [2.45, 2.75) is 33.1 Å². The number of nitrogens with one attached hydrogen (secondary N) is 1. The third-order valence-electron chi connectivity index (χ3n) is 2.65. The number of hydrogen-bond donors (Lipinski definition) is 1. The van der Waals surface area contributed by atoms with Gasteiger partial charge in [0, 0.05) is 31.8 Å². The second-order valence-corrected chi connectivity index (χ2v) is 4.30. The van der Waals surface area contributed by atoms with Crippen molar-refractivity contribution in [3.05, 3.63) is 17.6 Å². The van der Waals surface area contributed by atoms with E-state index in [0.717, 1.165) is 43.1 Å². The number of nitrogens with zero attached hydrogens (tertiary/aromatic N) is 2. The zero-order valence-electron chi connectivity index (χ0n) is 12.2. The van der Waals surface area contributed by atoms with Crippen LogP contribution in [0.25, 0.3) is 0 Å². The fraction of sp³-hybridized carbons (Fsp3) is 0.714. The Bertz CT molecular complexity index is 359. The van der Waals surface area contributed by atoms with Crippen molar-refractivity contribution in [3.8, 4) is 0 Å². The molecule has 0 bridgehead atoms. The van der Waals surface area contributed by atoms with Crippen molar-refractivity contribution in [2.75, 3.05) is 38.8 Å². The van der Waals surface area contributed by atoms with Crippen LogP contribution in [0.5, 0.6) is 0 Å². The zero-order valence-corrected chi connectivity index (χ0v) is 12.2. The molecule has 0 aliphatic carbocycles. The lowest BCUT2D eigenvalue weighted by Gasteiger charge is -2.09. The fourth-order valence-electron chi connectivity index (χ4n) is 1.60. The van der Waals surface area contributed by atoms with Crippen LogP contribution in [-0.4, -0.2) is 43.4 Å². The van der Waals surface area contributed by atoms with Gasteiger partial charge in [0.1, 0.15) is 11.6 Å². The molecule has 0 saturated carbocycles. The number of anilines is 1. The van der Waals surface area contributed by atoms with E-state index < -0.39 is 0 Å². The number of aryl methyl sites for hydroxylation is 1. The highest BCUT2D eigenvalue weighted by Crippen LogP contribution is 2.08. The molecule has 0 unspecified atom stereocenters. The summed E-state index contributed by atoms with van der Waals surface area (Å²) < 4.78 is 10.4. The second kappa shape index (κ2) is 9.69. The van der Waals surface area contributed by atoms with Gasteiger partial charge in [0.25, 0.3) is 0 Å². The van der Waals surface area contributed by atoms with Crippen LogP contribution < -0.4 is 5.32 Å². The highest BCUT2D eigenvalue weighted by molar-refractivity contribution is 5.36. The molecule has 0 spiro atoms. The van der Waals surface area contributed by atoms with E-state index in [1.165, 1.54) is 0 Å². The predicted octanol–water partition coefficient (Wildman–Crippen LogP) is 2.07. The van der Waals surface area contributed by atoms with Gasteiger partial charge in [-0.05, 0) is 12.8 Å². The molecular formula is C14H25N3O2. The summed E-state index contributed by atoms with van der Waals surface area (Å²) in [5, 5.41) is 3.31. The van der Waals surface area contributed by atoms with E-state index in [9.17, 15) is 0 Å². The molecule has 0 aliphatic rings. The smallest absolute Gasteiger partial charge is 0.133 e. The van der Waals surface area contributed by atoms with Crippen LogP contribution in [0.2, 0.25) is 0 Å². The molecule has 108 valence electrons. The minimum atomic E-state index is 0.616. The molecule has 1 heterocycles. The van der Waals surface area contributed by atoms with Crippen LogP contribution in [0.3, 0.4) is 0 Å². The highest BCUT2D eigenvalue weighted by Gasteiger charge is 2.03. The molecule has 5 nitrogen and oxygen atoms in total. The maximum Gasteiger partial charge on any atom is 0.133 e. The van der Waals surface area contributed by atoms with Crippen LogP contribution in [0.15, 0.2) is 6.07 Å². The molecule has 1 N–H and O–H groups in total. The Kier molecular flexibility index (Phi) is 8.09. The Morgan fingerprint density at radius 1 is 1.16 bits per heavy atom. The van der Waals surface area contributed by atoms with Crippen molar-refractivity contribution in [2.24, 2.45) is 0 Å². The topological polar surface area (TPSA) is 56.3 Å². The van der Waals surface area contributed by atoms with E-state index in [1.807, 2.05) is 6.07 Å². The van der Waals surface area contributed by atoms with Gasteiger partial charge in [0.2, 0.25) is 0 Å². The molecule has 1 rings (SSSR count). The Balaban J connectivity index is 2.50. The van der Waals surface area contributed by atoms with Crippen molar-refractivity contribution < 1.29 is 9.47 Å². The van der Waals surface area contributed by atoms with Gasteiger partial charge in [-0.2, -0.15) is 0 Å². The molecule has 0 saturated heterocycles. The zero-order chi connectivity index (χ0) is 13.9. The summed E-state index contributed by atoms with van der Waals surface area (Å²) in [5.74, 6) is 1.76. The largest absolute Gasteiger partial charge is 0.382 e. The fourth-order valence-corrected chi connectivity index (χ4v) is 1.60. The van der Waals surface area contributed by atoms with Gasteiger partial charge in [-0.15, -0.1) is 0 Å². The molecular weight excluding hydrogens is 242 g/mol. The number of methoxy groups -OCH3 is 1. The molecule has 0 aliphatic heterocycles. The van der Waals surface area contributed by atoms with Crippen molar-refractivity contribution >= 4 is 5.82 Å². The van der Waals surface area contributed by atoms with Gasteiger partial charge in [0.05, 0.1) is 19.8 Å². The first kappa shape index (κ1) is 15.9. The van der Waals surface area contributed by atoms with Gasteiger partial charge in [0.15, 0.2) is 0 Å². The third-order valence-corrected chi connectivity index (χ3v) is 2.65. The lowest BCUT2D eigenvalue weighted by molar-refractivity contribution is 0.0716. The van der Waals surface area contributed by atoms with Crippen molar-refractivity contribution in [1.29, 1.82) is 0 Å². The summed E-state index contributed by atoms with van der Waals surface area (Å²) in [6.45, 7) is 7.04. The molecule has 0 aromatic carbocycles.